The van der Waals surface area contributed by atoms with Crippen molar-refractivity contribution >= 4 is 43.5 Å². The summed E-state index contributed by atoms with van der Waals surface area (Å²) in [6, 6.07) is 8.16. The molecule has 1 unspecified atom stereocenters. The summed E-state index contributed by atoms with van der Waals surface area (Å²) in [5.74, 6) is 0. The molecule has 1 aromatic rings. The number of anilines is 1. The topological polar surface area (TPSA) is 12.0 Å². The number of para-hydroxylation sites is 1. The van der Waals surface area contributed by atoms with Crippen molar-refractivity contribution in [3.8, 4) is 0 Å². The molecule has 1 rings (SSSR count). The third kappa shape index (κ3) is 1.85. The molecule has 1 aromatic carbocycles. The molecule has 0 heterocycles. The van der Waals surface area contributed by atoms with Crippen molar-refractivity contribution < 1.29 is 0 Å². The second-order valence-electron chi connectivity index (χ2n) is 1.70. The van der Waals surface area contributed by atoms with Gasteiger partial charge in [0.15, 0.2) is 0 Å². The first kappa shape index (κ1) is 7.38. The van der Waals surface area contributed by atoms with Crippen LogP contribution < -0.4 is 8.78 Å². The standard InChI is InChI=1S/C6H7NP.Sb/c7-5-3-1-2-4-6(5)8;/h1-4,7H,8H2;/q-1;+1. The minimum atomic E-state index is 1.19. The summed E-state index contributed by atoms with van der Waals surface area (Å²) in [6.07, 6.45) is 0. The van der Waals surface area contributed by atoms with E-state index in [4.69, 9.17) is 0 Å². The molecular formula is C6H7NPSb. The number of benzene rings is 1. The molecule has 2 radical (unpaired) electrons. The fourth-order valence-corrected chi connectivity index (χ4v) is 1.82. The average molecular weight is 246 g/mol. The molecule has 0 aliphatic rings. The van der Waals surface area contributed by atoms with Crippen molar-refractivity contribution in [3.63, 3.8) is 0 Å². The molecule has 0 aromatic heterocycles. The summed E-state index contributed by atoms with van der Waals surface area (Å²) < 4.78 is 3.12. The Kier molecular flexibility index (Phi) is 2.82. The molecule has 1 nitrogen and oxygen atoms in total. The number of nitrogens with one attached hydrogen (secondary N) is 1. The minimum absolute atomic E-state index is 1.19. The quantitative estimate of drug-likeness (QED) is 0.567. The van der Waals surface area contributed by atoms with E-state index < -0.39 is 0 Å². The molecule has 1 N–H and O–H groups in total. The van der Waals surface area contributed by atoms with Crippen molar-refractivity contribution in [1.82, 2.24) is 0 Å². The molecule has 1 atom stereocenters. The monoisotopic (exact) mass is 245 g/mol. The second kappa shape index (κ2) is 3.44. The Morgan fingerprint density at radius 2 is 2.00 bits per heavy atom. The van der Waals surface area contributed by atoms with Crippen LogP contribution in [0.25, 0.3) is 0 Å². The van der Waals surface area contributed by atoms with Crippen molar-refractivity contribution in [2.75, 3.05) is 3.48 Å². The fourth-order valence-electron chi connectivity index (χ4n) is 0.599. The van der Waals surface area contributed by atoms with Gasteiger partial charge < -0.3 is 0 Å². The van der Waals surface area contributed by atoms with Gasteiger partial charge in [0.05, 0.1) is 0 Å². The molecule has 0 spiro atoms. The maximum absolute atomic E-state index is 3.12. The average Bonchev–Trinajstić information content (AvgIpc) is 1.89. The van der Waals surface area contributed by atoms with E-state index in [1.165, 1.54) is 11.0 Å². The Morgan fingerprint density at radius 3 is 2.44 bits per heavy atom. The van der Waals surface area contributed by atoms with Crippen molar-refractivity contribution in [2.45, 2.75) is 0 Å². The van der Waals surface area contributed by atoms with Gasteiger partial charge in [-0.05, 0) is 0 Å². The molecular weight excluding hydrogens is 239 g/mol. The van der Waals surface area contributed by atoms with Gasteiger partial charge in [0.1, 0.15) is 0 Å². The van der Waals surface area contributed by atoms with Crippen LogP contribution in [0.4, 0.5) is 5.69 Å². The van der Waals surface area contributed by atoms with Crippen LogP contribution in [0.1, 0.15) is 0 Å². The molecule has 0 fully saturated rings. The van der Waals surface area contributed by atoms with E-state index >= 15 is 0 Å². The van der Waals surface area contributed by atoms with E-state index in [1.807, 2.05) is 12.1 Å². The molecule has 0 saturated carbocycles. The normalized spacial score (nSPS) is 9.11. The van der Waals surface area contributed by atoms with Gasteiger partial charge in [0, 0.05) is 0 Å². The van der Waals surface area contributed by atoms with Gasteiger partial charge in [-0.1, -0.05) is 0 Å². The first-order valence-electron chi connectivity index (χ1n) is 2.59. The van der Waals surface area contributed by atoms with Gasteiger partial charge in [-0.25, -0.2) is 0 Å². The molecule has 0 saturated heterocycles. The van der Waals surface area contributed by atoms with Gasteiger partial charge in [0.2, 0.25) is 0 Å². The molecule has 9 heavy (non-hydrogen) atoms. The maximum atomic E-state index is 3.12. The van der Waals surface area contributed by atoms with Gasteiger partial charge in [-0.15, -0.1) is 0 Å². The predicted octanol–water partition coefficient (Wildman–Crippen LogP) is 0.682. The fraction of sp³-hybridized carbons (Fsp3) is 0. The molecule has 46 valence electrons. The Morgan fingerprint density at radius 1 is 1.33 bits per heavy atom. The van der Waals surface area contributed by atoms with E-state index in [9.17, 15) is 0 Å². The molecule has 0 amide bonds. The summed E-state index contributed by atoms with van der Waals surface area (Å²) in [5.41, 5.74) is 1.19. The van der Waals surface area contributed by atoms with Gasteiger partial charge in [0.25, 0.3) is 0 Å². The third-order valence-corrected chi connectivity index (χ3v) is 2.27. The first-order chi connectivity index (χ1) is 4.34. The van der Waals surface area contributed by atoms with E-state index in [-0.39, 0.29) is 0 Å². The predicted molar refractivity (Wildman–Crippen MR) is 45.2 cm³/mol. The van der Waals surface area contributed by atoms with Gasteiger partial charge in [-0.3, -0.25) is 0 Å². The zero-order valence-electron chi connectivity index (χ0n) is 4.83. The zero-order valence-corrected chi connectivity index (χ0v) is 8.54. The molecule has 3 heteroatoms. The van der Waals surface area contributed by atoms with Crippen LogP contribution in [0.5, 0.6) is 0 Å². The van der Waals surface area contributed by atoms with Crippen molar-refractivity contribution in [1.29, 1.82) is 0 Å². The van der Waals surface area contributed by atoms with E-state index in [1.54, 1.807) is 23.3 Å². The van der Waals surface area contributed by atoms with Crippen LogP contribution in [0.15, 0.2) is 24.3 Å². The van der Waals surface area contributed by atoms with Crippen LogP contribution in [-0.2, 0) is 0 Å². The number of rotatable bonds is 1. The van der Waals surface area contributed by atoms with Crippen LogP contribution >= 0.6 is 9.24 Å². The van der Waals surface area contributed by atoms with Gasteiger partial charge >= 0.3 is 71.3 Å². The first-order valence-corrected chi connectivity index (χ1v) is 4.44. The summed E-state index contributed by atoms with van der Waals surface area (Å²) in [4.78, 5) is 0. The Hall–Kier alpha value is 0.268. The second-order valence-corrected chi connectivity index (χ2v) is 2.96. The van der Waals surface area contributed by atoms with Gasteiger partial charge in [-0.2, -0.15) is 0 Å². The van der Waals surface area contributed by atoms with Crippen LogP contribution in [0, 0.1) is 0 Å². The van der Waals surface area contributed by atoms with Crippen molar-refractivity contribution in [3.05, 3.63) is 24.3 Å². The Balaban J connectivity index is 3.01. The summed E-state index contributed by atoms with van der Waals surface area (Å²) in [6.45, 7) is 0. The van der Waals surface area contributed by atoms with Crippen LogP contribution in [0.3, 0.4) is 0 Å². The van der Waals surface area contributed by atoms with E-state index in [0.717, 1.165) is 0 Å². The zero-order chi connectivity index (χ0) is 6.69. The van der Waals surface area contributed by atoms with Crippen molar-refractivity contribution in [2.24, 2.45) is 0 Å². The summed E-state index contributed by atoms with van der Waals surface area (Å²) in [7, 11) is 2.68. The van der Waals surface area contributed by atoms with E-state index in [0.29, 0.717) is 0 Å². The van der Waals surface area contributed by atoms with Crippen LogP contribution in [-0.4, -0.2) is 23.3 Å². The Labute approximate surface area is 71.3 Å². The SMILES string of the molecule is Pc1ccccc1[NH][Sb]. The number of hydrogen-bond acceptors (Lipinski definition) is 1. The number of hydrogen-bond donors (Lipinski definition) is 1. The molecule has 0 aliphatic carbocycles. The summed E-state index contributed by atoms with van der Waals surface area (Å²) >= 11 is 1.59. The van der Waals surface area contributed by atoms with E-state index in [2.05, 4.69) is 24.8 Å². The Bertz CT molecular complexity index is 202. The summed E-state index contributed by atoms with van der Waals surface area (Å²) in [5, 5.41) is 1.22. The third-order valence-electron chi connectivity index (χ3n) is 1.08. The molecule has 0 bridgehead atoms. The van der Waals surface area contributed by atoms with Crippen LogP contribution in [0.2, 0.25) is 0 Å². The molecule has 0 aliphatic heterocycles.